The summed E-state index contributed by atoms with van der Waals surface area (Å²) in [4.78, 5) is 12.2. The molecule has 0 radical (unpaired) electrons. The summed E-state index contributed by atoms with van der Waals surface area (Å²) in [6.45, 7) is 1.78. The Hall–Kier alpha value is -1.75. The fraction of sp³-hybridized carbons (Fsp3) is 0.385. The minimum Gasteiger partial charge on any atom is -0.409 e. The number of benzene rings is 1. The lowest BCUT2D eigenvalue weighted by Gasteiger charge is -2.17. The normalized spacial score (nSPS) is 17.1. The third kappa shape index (κ3) is 2.98. The van der Waals surface area contributed by atoms with E-state index in [0.717, 1.165) is 18.4 Å². The van der Waals surface area contributed by atoms with E-state index in [1.165, 1.54) is 0 Å². The number of amides is 1. The smallest absolute Gasteiger partial charge is 0.252 e. The zero-order valence-corrected chi connectivity index (χ0v) is 11.3. The maximum absolute atomic E-state index is 12.2. The first kappa shape index (κ1) is 13.7. The van der Waals surface area contributed by atoms with Crippen LogP contribution in [0.3, 0.4) is 0 Å². The monoisotopic (exact) mass is 281 g/mol. The molecule has 0 spiro atoms. The van der Waals surface area contributed by atoms with Crippen molar-refractivity contribution in [1.29, 1.82) is 0 Å². The van der Waals surface area contributed by atoms with E-state index < -0.39 is 6.04 Å². The van der Waals surface area contributed by atoms with Crippen molar-refractivity contribution in [3.05, 3.63) is 34.3 Å². The first-order valence-electron chi connectivity index (χ1n) is 6.08. The minimum absolute atomic E-state index is 0.0375. The topological polar surface area (TPSA) is 87.7 Å². The van der Waals surface area contributed by atoms with Crippen LogP contribution in [-0.4, -0.2) is 23.0 Å². The van der Waals surface area contributed by atoms with Gasteiger partial charge >= 0.3 is 0 Å². The Morgan fingerprint density at radius 1 is 1.58 bits per heavy atom. The maximum Gasteiger partial charge on any atom is 0.252 e. The van der Waals surface area contributed by atoms with Crippen LogP contribution >= 0.6 is 11.6 Å². The lowest BCUT2D eigenvalue weighted by Crippen LogP contribution is -2.46. The lowest BCUT2D eigenvalue weighted by molar-refractivity contribution is 0.0942. The molecule has 5 nitrogen and oxygen atoms in total. The number of amidine groups is 1. The number of rotatable bonds is 4. The molecule has 1 aliphatic carbocycles. The SMILES string of the molecule is Cc1c(Cl)cccc1C(=O)NC(/C(N)=N/O)C1CC1. The molecule has 1 amide bonds. The predicted octanol–water partition coefficient (Wildman–Crippen LogP) is 1.90. The summed E-state index contributed by atoms with van der Waals surface area (Å²) in [5.74, 6) is 0.0263. The third-order valence-electron chi connectivity index (χ3n) is 3.33. The van der Waals surface area contributed by atoms with Gasteiger partial charge in [-0.15, -0.1) is 0 Å². The molecule has 1 atom stereocenters. The summed E-state index contributed by atoms with van der Waals surface area (Å²) in [5.41, 5.74) is 6.83. The van der Waals surface area contributed by atoms with E-state index in [1.807, 2.05) is 0 Å². The van der Waals surface area contributed by atoms with Crippen molar-refractivity contribution in [2.75, 3.05) is 0 Å². The first-order chi connectivity index (χ1) is 9.04. The average molecular weight is 282 g/mol. The highest BCUT2D eigenvalue weighted by Gasteiger charge is 2.35. The summed E-state index contributed by atoms with van der Waals surface area (Å²) < 4.78 is 0. The lowest BCUT2D eigenvalue weighted by atomic mass is 10.1. The summed E-state index contributed by atoms with van der Waals surface area (Å²) in [6.07, 6.45) is 1.94. The Morgan fingerprint density at radius 3 is 2.84 bits per heavy atom. The Labute approximate surface area is 116 Å². The van der Waals surface area contributed by atoms with Gasteiger partial charge in [0.2, 0.25) is 0 Å². The van der Waals surface area contributed by atoms with Gasteiger partial charge in [-0.05, 0) is 43.4 Å². The number of nitrogens with one attached hydrogen (secondary N) is 1. The van der Waals surface area contributed by atoms with Gasteiger partial charge in [0, 0.05) is 10.6 Å². The highest BCUT2D eigenvalue weighted by molar-refractivity contribution is 6.31. The number of oxime groups is 1. The van der Waals surface area contributed by atoms with Gasteiger partial charge < -0.3 is 16.3 Å². The van der Waals surface area contributed by atoms with Gasteiger partial charge in [0.05, 0.1) is 6.04 Å². The molecule has 2 rings (SSSR count). The van der Waals surface area contributed by atoms with Crippen LogP contribution in [-0.2, 0) is 0 Å². The molecule has 1 aromatic carbocycles. The summed E-state index contributed by atoms with van der Waals surface area (Å²) in [7, 11) is 0. The number of nitrogens with two attached hydrogens (primary N) is 1. The standard InChI is InChI=1S/C13H16ClN3O2/c1-7-9(3-2-4-10(7)14)13(18)16-11(8-5-6-8)12(15)17-19/h2-4,8,11,19H,5-6H2,1H3,(H2,15,17)(H,16,18). The van der Waals surface area contributed by atoms with Crippen LogP contribution in [0.25, 0.3) is 0 Å². The largest absolute Gasteiger partial charge is 0.409 e. The molecule has 0 saturated heterocycles. The molecule has 0 bridgehead atoms. The third-order valence-corrected chi connectivity index (χ3v) is 3.74. The molecule has 0 aliphatic heterocycles. The molecule has 19 heavy (non-hydrogen) atoms. The second-order valence-corrected chi connectivity index (χ2v) is 5.13. The molecule has 0 aromatic heterocycles. The average Bonchev–Trinajstić information content (AvgIpc) is 3.22. The van der Waals surface area contributed by atoms with E-state index in [0.29, 0.717) is 10.6 Å². The Morgan fingerprint density at radius 2 is 2.26 bits per heavy atom. The Kier molecular flexibility index (Phi) is 3.95. The van der Waals surface area contributed by atoms with Crippen LogP contribution in [0.15, 0.2) is 23.4 Å². The highest BCUT2D eigenvalue weighted by Crippen LogP contribution is 2.33. The minimum atomic E-state index is -0.420. The highest BCUT2D eigenvalue weighted by atomic mass is 35.5. The van der Waals surface area contributed by atoms with Crippen molar-refractivity contribution in [2.24, 2.45) is 16.8 Å². The number of halogens is 1. The molecule has 6 heteroatoms. The molecular weight excluding hydrogens is 266 g/mol. The van der Waals surface area contributed by atoms with Crippen LogP contribution in [0.2, 0.25) is 5.02 Å². The summed E-state index contributed by atoms with van der Waals surface area (Å²) in [6, 6.07) is 4.73. The molecule has 1 fully saturated rings. The van der Waals surface area contributed by atoms with Crippen molar-refractivity contribution in [3.63, 3.8) is 0 Å². The second kappa shape index (κ2) is 5.48. The van der Waals surface area contributed by atoms with E-state index in [1.54, 1.807) is 25.1 Å². The van der Waals surface area contributed by atoms with Gasteiger partial charge in [0.1, 0.15) is 0 Å². The zero-order valence-electron chi connectivity index (χ0n) is 10.6. The van der Waals surface area contributed by atoms with Crippen LogP contribution in [0.4, 0.5) is 0 Å². The fourth-order valence-electron chi connectivity index (χ4n) is 2.00. The quantitative estimate of drug-likeness (QED) is 0.341. The van der Waals surface area contributed by atoms with E-state index in [2.05, 4.69) is 10.5 Å². The molecule has 1 saturated carbocycles. The Bertz CT molecular complexity index is 527. The molecule has 4 N–H and O–H groups in total. The van der Waals surface area contributed by atoms with Crippen LogP contribution < -0.4 is 11.1 Å². The van der Waals surface area contributed by atoms with Gasteiger partial charge in [-0.1, -0.05) is 22.8 Å². The van der Waals surface area contributed by atoms with Gasteiger partial charge in [-0.3, -0.25) is 4.79 Å². The van der Waals surface area contributed by atoms with Crippen molar-refractivity contribution < 1.29 is 10.0 Å². The van der Waals surface area contributed by atoms with Crippen molar-refractivity contribution in [3.8, 4) is 0 Å². The summed E-state index contributed by atoms with van der Waals surface area (Å²) >= 11 is 5.99. The number of hydrogen-bond donors (Lipinski definition) is 3. The first-order valence-corrected chi connectivity index (χ1v) is 6.45. The number of carbonyl (C=O) groups is 1. The fourth-order valence-corrected chi connectivity index (χ4v) is 2.17. The molecular formula is C13H16ClN3O2. The molecule has 0 heterocycles. The Balaban J connectivity index is 2.17. The van der Waals surface area contributed by atoms with Gasteiger partial charge in [-0.25, -0.2) is 0 Å². The van der Waals surface area contributed by atoms with Crippen molar-refractivity contribution in [1.82, 2.24) is 5.32 Å². The number of nitrogens with zero attached hydrogens (tertiary/aromatic N) is 1. The van der Waals surface area contributed by atoms with E-state index >= 15 is 0 Å². The molecule has 1 aromatic rings. The van der Waals surface area contributed by atoms with E-state index in [9.17, 15) is 4.79 Å². The van der Waals surface area contributed by atoms with E-state index in [-0.39, 0.29) is 17.7 Å². The van der Waals surface area contributed by atoms with Crippen LogP contribution in [0.1, 0.15) is 28.8 Å². The van der Waals surface area contributed by atoms with Crippen LogP contribution in [0, 0.1) is 12.8 Å². The number of hydrogen-bond acceptors (Lipinski definition) is 3. The molecule has 102 valence electrons. The zero-order chi connectivity index (χ0) is 14.0. The predicted molar refractivity (Wildman–Crippen MR) is 73.6 cm³/mol. The van der Waals surface area contributed by atoms with Crippen molar-refractivity contribution in [2.45, 2.75) is 25.8 Å². The van der Waals surface area contributed by atoms with E-state index in [4.69, 9.17) is 22.5 Å². The number of carbonyl (C=O) groups excluding carboxylic acids is 1. The van der Waals surface area contributed by atoms with Gasteiger partial charge in [0.25, 0.3) is 5.91 Å². The maximum atomic E-state index is 12.2. The molecule has 1 unspecified atom stereocenters. The van der Waals surface area contributed by atoms with Crippen LogP contribution in [0.5, 0.6) is 0 Å². The molecule has 1 aliphatic rings. The second-order valence-electron chi connectivity index (χ2n) is 4.73. The van der Waals surface area contributed by atoms with Gasteiger partial charge in [-0.2, -0.15) is 0 Å². The van der Waals surface area contributed by atoms with Gasteiger partial charge in [0.15, 0.2) is 5.84 Å². The summed E-state index contributed by atoms with van der Waals surface area (Å²) in [5, 5.41) is 15.1. The van der Waals surface area contributed by atoms with Crippen molar-refractivity contribution >= 4 is 23.3 Å².